The van der Waals surface area contributed by atoms with E-state index in [1.54, 1.807) is 0 Å². The molecule has 0 amide bonds. The van der Waals surface area contributed by atoms with Crippen LogP contribution in [0.1, 0.15) is 96.8 Å². The van der Waals surface area contributed by atoms with Crippen molar-refractivity contribution in [3.05, 3.63) is 109 Å². The van der Waals surface area contributed by atoms with Gasteiger partial charge in [0.2, 0.25) is 0 Å². The summed E-state index contributed by atoms with van der Waals surface area (Å²) in [6.45, 7) is 2.25. The van der Waals surface area contributed by atoms with Crippen molar-refractivity contribution in [1.29, 1.82) is 0 Å². The predicted molar refractivity (Wildman–Crippen MR) is 165 cm³/mol. The fourth-order valence-electron chi connectivity index (χ4n) is 3.22. The lowest BCUT2D eigenvalue weighted by Gasteiger charge is -1.93. The summed E-state index contributed by atoms with van der Waals surface area (Å²) in [5, 5.41) is 0. The Labute approximate surface area is 228 Å². The minimum Gasteiger partial charge on any atom is -0.469 e. The van der Waals surface area contributed by atoms with Crippen LogP contribution in [-0.2, 0) is 9.53 Å². The van der Waals surface area contributed by atoms with E-state index in [2.05, 4.69) is 115 Å². The fourth-order valence-corrected chi connectivity index (χ4v) is 3.22. The number of methoxy groups -OCH3 is 1. The highest BCUT2D eigenvalue weighted by Crippen LogP contribution is 2.01. The molecule has 0 bridgehead atoms. The second-order valence-electron chi connectivity index (χ2n) is 8.74. The summed E-state index contributed by atoms with van der Waals surface area (Å²) in [7, 11) is 1.42. The number of carbonyl (C=O) groups is 1. The van der Waals surface area contributed by atoms with Gasteiger partial charge in [-0.15, -0.1) is 0 Å². The average Bonchev–Trinajstić information content (AvgIpc) is 2.91. The minimum absolute atomic E-state index is 0.155. The van der Waals surface area contributed by atoms with E-state index in [1.807, 2.05) is 6.08 Å². The maximum Gasteiger partial charge on any atom is 0.305 e. The number of rotatable bonds is 23. The molecule has 0 saturated heterocycles. The molecule has 0 atom stereocenters. The molecule has 0 heterocycles. The van der Waals surface area contributed by atoms with E-state index in [0.29, 0.717) is 6.42 Å². The SMILES string of the molecule is CCCCC/C=C\C/C=C\C/C=C\C/C=C\C/C=C\C/C=C\C/C=C\C/C=C\C/C=C\CCC(=O)OC. The van der Waals surface area contributed by atoms with Crippen molar-refractivity contribution < 1.29 is 9.53 Å². The van der Waals surface area contributed by atoms with Gasteiger partial charge in [-0.3, -0.25) is 4.79 Å². The number of ether oxygens (including phenoxy) is 1. The van der Waals surface area contributed by atoms with Gasteiger partial charge in [-0.05, 0) is 70.6 Å². The van der Waals surface area contributed by atoms with Crippen molar-refractivity contribution in [3.63, 3.8) is 0 Å². The van der Waals surface area contributed by atoms with Gasteiger partial charge in [-0.25, -0.2) is 0 Å². The Morgan fingerprint density at radius 2 is 0.757 bits per heavy atom. The zero-order valence-corrected chi connectivity index (χ0v) is 23.6. The summed E-state index contributed by atoms with van der Waals surface area (Å²) in [4.78, 5) is 11.0. The van der Waals surface area contributed by atoms with Crippen LogP contribution in [0.25, 0.3) is 0 Å². The first-order valence-electron chi connectivity index (χ1n) is 14.2. The van der Waals surface area contributed by atoms with E-state index in [-0.39, 0.29) is 5.97 Å². The Morgan fingerprint density at radius 1 is 0.459 bits per heavy atom. The van der Waals surface area contributed by atoms with E-state index >= 15 is 0 Å². The monoisotopic (exact) mass is 504 g/mol. The summed E-state index contributed by atoms with van der Waals surface area (Å²) in [6.07, 6.45) is 54.1. The van der Waals surface area contributed by atoms with E-state index in [0.717, 1.165) is 57.8 Å². The molecule has 37 heavy (non-hydrogen) atoms. The lowest BCUT2D eigenvalue weighted by molar-refractivity contribution is -0.140. The van der Waals surface area contributed by atoms with E-state index in [9.17, 15) is 4.79 Å². The molecule has 0 aliphatic carbocycles. The van der Waals surface area contributed by atoms with E-state index in [4.69, 9.17) is 0 Å². The molecule has 0 spiro atoms. The van der Waals surface area contributed by atoms with Crippen molar-refractivity contribution in [3.8, 4) is 0 Å². The lowest BCUT2D eigenvalue weighted by Crippen LogP contribution is -1.97. The highest BCUT2D eigenvalue weighted by atomic mass is 16.5. The Morgan fingerprint density at radius 3 is 1.05 bits per heavy atom. The molecule has 0 aromatic heterocycles. The molecule has 0 rings (SSSR count). The fraction of sp³-hybridized carbons (Fsp3) is 0.457. The Hall–Kier alpha value is -2.87. The maximum atomic E-state index is 11.0. The van der Waals surface area contributed by atoms with Crippen LogP contribution >= 0.6 is 0 Å². The first kappa shape index (κ1) is 34.1. The quantitative estimate of drug-likeness (QED) is 0.0785. The number of allylic oxidation sites excluding steroid dienone is 18. The third-order valence-electron chi connectivity index (χ3n) is 5.39. The lowest BCUT2D eigenvalue weighted by atomic mass is 10.2. The molecule has 0 fully saturated rings. The van der Waals surface area contributed by atoms with Crippen LogP contribution in [0.15, 0.2) is 109 Å². The molecule has 0 unspecified atom stereocenters. The summed E-state index contributed by atoms with van der Waals surface area (Å²) in [6, 6.07) is 0. The molecule has 0 radical (unpaired) electrons. The van der Waals surface area contributed by atoms with Gasteiger partial charge in [0.15, 0.2) is 0 Å². The van der Waals surface area contributed by atoms with Crippen molar-refractivity contribution in [1.82, 2.24) is 0 Å². The van der Waals surface area contributed by atoms with Crippen LogP contribution < -0.4 is 0 Å². The smallest absolute Gasteiger partial charge is 0.305 e. The summed E-state index contributed by atoms with van der Waals surface area (Å²) >= 11 is 0. The average molecular weight is 505 g/mol. The van der Waals surface area contributed by atoms with E-state index in [1.165, 1.54) is 32.8 Å². The molecule has 2 heteroatoms. The molecule has 0 aromatic rings. The van der Waals surface area contributed by atoms with Crippen molar-refractivity contribution in [2.75, 3.05) is 7.11 Å². The zero-order valence-electron chi connectivity index (χ0n) is 23.6. The van der Waals surface area contributed by atoms with Crippen LogP contribution in [0, 0.1) is 0 Å². The molecule has 0 aliphatic heterocycles. The number of esters is 1. The van der Waals surface area contributed by atoms with E-state index < -0.39 is 0 Å². The molecular weight excluding hydrogens is 452 g/mol. The second kappa shape index (κ2) is 31.2. The molecule has 0 aromatic carbocycles. The second-order valence-corrected chi connectivity index (χ2v) is 8.74. The Balaban J connectivity index is 3.58. The zero-order chi connectivity index (χ0) is 26.9. The first-order chi connectivity index (χ1) is 18.3. The van der Waals surface area contributed by atoms with Gasteiger partial charge in [-0.2, -0.15) is 0 Å². The molecular formula is C35H52O2. The van der Waals surface area contributed by atoms with Crippen molar-refractivity contribution >= 4 is 5.97 Å². The number of hydrogen-bond acceptors (Lipinski definition) is 2. The van der Waals surface area contributed by atoms with Gasteiger partial charge in [0, 0.05) is 6.42 Å². The molecule has 0 aliphatic rings. The topological polar surface area (TPSA) is 26.3 Å². The maximum absolute atomic E-state index is 11.0. The number of unbranched alkanes of at least 4 members (excludes halogenated alkanes) is 3. The van der Waals surface area contributed by atoms with Crippen LogP contribution in [-0.4, -0.2) is 13.1 Å². The predicted octanol–water partition coefficient (Wildman–Crippen LogP) is 10.6. The molecule has 0 N–H and O–H groups in total. The summed E-state index contributed by atoms with van der Waals surface area (Å²) in [5.41, 5.74) is 0. The van der Waals surface area contributed by atoms with Crippen LogP contribution in [0.2, 0.25) is 0 Å². The van der Waals surface area contributed by atoms with Gasteiger partial charge < -0.3 is 4.74 Å². The van der Waals surface area contributed by atoms with Crippen molar-refractivity contribution in [2.45, 2.75) is 96.8 Å². The Bertz CT molecular complexity index is 769. The van der Waals surface area contributed by atoms with Crippen molar-refractivity contribution in [2.24, 2.45) is 0 Å². The summed E-state index contributed by atoms with van der Waals surface area (Å²) in [5.74, 6) is -0.155. The molecule has 2 nitrogen and oxygen atoms in total. The van der Waals surface area contributed by atoms with Gasteiger partial charge >= 0.3 is 5.97 Å². The largest absolute Gasteiger partial charge is 0.469 e. The third kappa shape index (κ3) is 31.1. The molecule has 204 valence electrons. The van der Waals surface area contributed by atoms with Gasteiger partial charge in [0.05, 0.1) is 7.11 Å². The Kier molecular flexibility index (Phi) is 28.7. The highest BCUT2D eigenvalue weighted by Gasteiger charge is 1.94. The van der Waals surface area contributed by atoms with Gasteiger partial charge in [0.1, 0.15) is 0 Å². The summed E-state index contributed by atoms with van der Waals surface area (Å²) < 4.78 is 4.61. The van der Waals surface area contributed by atoms with Crippen LogP contribution in [0.3, 0.4) is 0 Å². The van der Waals surface area contributed by atoms with Crippen LogP contribution in [0.4, 0.5) is 0 Å². The normalized spacial score (nSPS) is 13.2. The van der Waals surface area contributed by atoms with Gasteiger partial charge in [-0.1, -0.05) is 129 Å². The highest BCUT2D eigenvalue weighted by molar-refractivity contribution is 5.69. The van der Waals surface area contributed by atoms with Gasteiger partial charge in [0.25, 0.3) is 0 Å². The minimum atomic E-state index is -0.155. The standard InChI is InChI=1S/C35H52O2/c1-3-4-5-6-7-8-9-10-11-12-13-14-15-16-17-18-19-20-21-22-23-24-25-26-27-28-29-30-31-32-33-34-35(36)37-2/h7-8,10-11,13-14,16-17,19-20,22-23,25-26,28-29,31-32H,3-6,9,12,15,18,21,24,27,30,33-34H2,1-2H3/b8-7-,11-10-,14-13-,17-16-,20-19-,23-22-,26-25-,29-28-,32-31-. The van der Waals surface area contributed by atoms with Crippen LogP contribution in [0.5, 0.6) is 0 Å². The number of hydrogen-bond donors (Lipinski definition) is 0. The molecule has 0 saturated carbocycles. The number of carbonyl (C=O) groups excluding carboxylic acids is 1. The third-order valence-corrected chi connectivity index (χ3v) is 5.39. The first-order valence-corrected chi connectivity index (χ1v) is 14.2.